The summed E-state index contributed by atoms with van der Waals surface area (Å²) in [7, 11) is 0. The molecule has 1 fully saturated rings. The number of nitrogens with two attached hydrogens (primary N) is 2. The van der Waals surface area contributed by atoms with Crippen molar-refractivity contribution in [3.63, 3.8) is 0 Å². The molecular weight excluding hydrogens is 438 g/mol. The molecule has 9 heteroatoms. The fourth-order valence-corrected chi connectivity index (χ4v) is 4.36. The first kappa shape index (κ1) is 21.6. The lowest BCUT2D eigenvalue weighted by Gasteiger charge is -2.32. The molecular formula is C22H25Cl2FN6. The summed E-state index contributed by atoms with van der Waals surface area (Å²) in [5.74, 6) is 0.942. The molecule has 1 saturated heterocycles. The van der Waals surface area contributed by atoms with Crippen LogP contribution in [0.5, 0.6) is 0 Å². The van der Waals surface area contributed by atoms with Crippen molar-refractivity contribution in [2.75, 3.05) is 31.1 Å². The van der Waals surface area contributed by atoms with Gasteiger partial charge >= 0.3 is 0 Å². The minimum absolute atomic E-state index is 0.0163. The van der Waals surface area contributed by atoms with E-state index in [0.29, 0.717) is 47.4 Å². The third kappa shape index (κ3) is 4.67. The highest BCUT2D eigenvalue weighted by Crippen LogP contribution is 2.30. The van der Waals surface area contributed by atoms with E-state index >= 15 is 0 Å². The second-order valence-corrected chi connectivity index (χ2v) is 8.45. The Morgan fingerprint density at radius 1 is 1.16 bits per heavy atom. The highest BCUT2D eigenvalue weighted by Gasteiger charge is 2.21. The third-order valence-corrected chi connectivity index (χ3v) is 6.37. The molecule has 0 radical (unpaired) electrons. The number of rotatable bonds is 5. The fraction of sp³-hybridized carbons (Fsp3) is 0.318. The normalized spacial score (nSPS) is 17.3. The molecule has 2 aliphatic heterocycles. The zero-order valence-corrected chi connectivity index (χ0v) is 18.6. The second kappa shape index (κ2) is 9.24. The van der Waals surface area contributed by atoms with Gasteiger partial charge in [0, 0.05) is 60.8 Å². The topological polar surface area (TPSA) is 83.4 Å². The van der Waals surface area contributed by atoms with Crippen LogP contribution in [0.25, 0.3) is 5.70 Å². The zero-order valence-electron chi connectivity index (χ0n) is 17.0. The van der Waals surface area contributed by atoms with Crippen molar-refractivity contribution < 1.29 is 4.39 Å². The molecule has 4 rings (SSSR count). The van der Waals surface area contributed by atoms with Gasteiger partial charge in [-0.25, -0.2) is 9.37 Å². The van der Waals surface area contributed by atoms with Crippen molar-refractivity contribution in [3.8, 4) is 0 Å². The summed E-state index contributed by atoms with van der Waals surface area (Å²) >= 11 is 12.5. The number of hydrogen-bond donors (Lipinski definition) is 3. The van der Waals surface area contributed by atoms with Crippen LogP contribution < -0.4 is 21.7 Å². The van der Waals surface area contributed by atoms with Crippen molar-refractivity contribution in [1.82, 2.24) is 15.2 Å². The lowest BCUT2D eigenvalue weighted by molar-refractivity contribution is 0.321. The lowest BCUT2D eigenvalue weighted by Crippen LogP contribution is -2.41. The van der Waals surface area contributed by atoms with Crippen LogP contribution in [-0.2, 0) is 6.54 Å². The number of allylic oxidation sites excluding steroid dienone is 1. The maximum Gasteiger partial charge on any atom is 0.142 e. The van der Waals surface area contributed by atoms with E-state index in [9.17, 15) is 4.39 Å². The van der Waals surface area contributed by atoms with Gasteiger partial charge in [-0.2, -0.15) is 0 Å². The van der Waals surface area contributed by atoms with Gasteiger partial charge in [-0.15, -0.1) is 0 Å². The molecule has 0 aliphatic carbocycles. The molecule has 2 aromatic rings. The lowest BCUT2D eigenvalue weighted by atomic mass is 10.1. The van der Waals surface area contributed by atoms with Crippen LogP contribution in [0.4, 0.5) is 10.2 Å². The van der Waals surface area contributed by atoms with Gasteiger partial charge in [0.15, 0.2) is 0 Å². The van der Waals surface area contributed by atoms with Gasteiger partial charge in [0.05, 0.1) is 10.7 Å². The molecule has 0 spiro atoms. The van der Waals surface area contributed by atoms with Crippen molar-refractivity contribution >= 4 is 34.7 Å². The van der Waals surface area contributed by atoms with Gasteiger partial charge in [-0.3, -0.25) is 0 Å². The van der Waals surface area contributed by atoms with Crippen LogP contribution in [0.3, 0.4) is 0 Å². The molecule has 1 aromatic carbocycles. The number of pyridine rings is 1. The Labute approximate surface area is 191 Å². The van der Waals surface area contributed by atoms with Crippen LogP contribution in [0, 0.1) is 5.82 Å². The van der Waals surface area contributed by atoms with Crippen LogP contribution in [-0.4, -0.2) is 36.1 Å². The fourth-order valence-electron chi connectivity index (χ4n) is 3.87. The first-order valence-corrected chi connectivity index (χ1v) is 11.0. The average molecular weight is 463 g/mol. The van der Waals surface area contributed by atoms with Crippen LogP contribution in [0.1, 0.15) is 24.0 Å². The van der Waals surface area contributed by atoms with Gasteiger partial charge < -0.3 is 26.6 Å². The summed E-state index contributed by atoms with van der Waals surface area (Å²) in [6.45, 7) is 3.65. The summed E-state index contributed by atoms with van der Waals surface area (Å²) in [6.07, 6.45) is 5.97. The number of benzene rings is 1. The highest BCUT2D eigenvalue weighted by molar-refractivity contribution is 6.36. The molecule has 3 heterocycles. The van der Waals surface area contributed by atoms with Gasteiger partial charge in [-0.1, -0.05) is 23.2 Å². The molecule has 0 unspecified atom stereocenters. The predicted molar refractivity (Wildman–Crippen MR) is 124 cm³/mol. The average Bonchev–Trinajstić information content (AvgIpc) is 3.31. The number of aromatic nitrogens is 1. The van der Waals surface area contributed by atoms with Crippen LogP contribution in [0.2, 0.25) is 10.0 Å². The summed E-state index contributed by atoms with van der Waals surface area (Å²) < 4.78 is 14.0. The number of hydrogen-bond acceptors (Lipinski definition) is 6. The van der Waals surface area contributed by atoms with Crippen LogP contribution in [0.15, 0.2) is 48.1 Å². The SMILES string of the molecule is NC1=C(/C=C(\N)c2ccc(N3CCCC3)nc2)N(Cc2c(Cl)ccc(F)c2Cl)CCN1. The van der Waals surface area contributed by atoms with Gasteiger partial charge in [0.25, 0.3) is 0 Å². The monoisotopic (exact) mass is 462 g/mol. The minimum Gasteiger partial charge on any atom is -0.398 e. The van der Waals surface area contributed by atoms with Gasteiger partial charge in [-0.05, 0) is 43.2 Å². The standard InChI is InChI=1S/C22H25Cl2FN6/c23-16-4-5-17(25)21(24)15(16)13-31-10-7-28-22(27)19(31)11-18(26)14-3-6-20(29-12-14)30-8-1-2-9-30/h3-6,11-12,28H,1-2,7-10,13,26-27H2/b18-11-. The van der Waals surface area contributed by atoms with E-state index in [1.54, 1.807) is 12.3 Å². The summed E-state index contributed by atoms with van der Waals surface area (Å²) in [5, 5.41) is 3.57. The summed E-state index contributed by atoms with van der Waals surface area (Å²) in [4.78, 5) is 8.82. The van der Waals surface area contributed by atoms with Crippen molar-refractivity contribution in [3.05, 3.63) is 75.0 Å². The first-order valence-electron chi connectivity index (χ1n) is 10.2. The van der Waals surface area contributed by atoms with E-state index in [0.717, 1.165) is 24.5 Å². The summed E-state index contributed by atoms with van der Waals surface area (Å²) in [6, 6.07) is 6.71. The van der Waals surface area contributed by atoms with Crippen molar-refractivity contribution in [2.24, 2.45) is 11.5 Å². The zero-order chi connectivity index (χ0) is 22.0. The molecule has 0 amide bonds. The molecule has 31 heavy (non-hydrogen) atoms. The predicted octanol–water partition coefficient (Wildman–Crippen LogP) is 3.66. The summed E-state index contributed by atoms with van der Waals surface area (Å²) in [5.41, 5.74) is 15.2. The Morgan fingerprint density at radius 3 is 2.65 bits per heavy atom. The molecule has 5 N–H and O–H groups in total. The van der Waals surface area contributed by atoms with Crippen molar-refractivity contribution in [2.45, 2.75) is 19.4 Å². The van der Waals surface area contributed by atoms with Gasteiger partial charge in [0.2, 0.25) is 0 Å². The maximum atomic E-state index is 14.0. The van der Waals surface area contributed by atoms with Crippen LogP contribution >= 0.6 is 23.2 Å². The molecule has 1 aromatic heterocycles. The second-order valence-electron chi connectivity index (χ2n) is 7.67. The molecule has 6 nitrogen and oxygen atoms in total. The molecule has 164 valence electrons. The smallest absolute Gasteiger partial charge is 0.142 e. The number of halogens is 3. The van der Waals surface area contributed by atoms with E-state index in [-0.39, 0.29) is 5.02 Å². The van der Waals surface area contributed by atoms with Gasteiger partial charge in [0.1, 0.15) is 17.5 Å². The largest absolute Gasteiger partial charge is 0.398 e. The Hall–Kier alpha value is -2.64. The quantitative estimate of drug-likeness (QED) is 0.588. The molecule has 0 atom stereocenters. The number of nitrogens with zero attached hydrogens (tertiary/aromatic N) is 3. The maximum absolute atomic E-state index is 14.0. The Kier molecular flexibility index (Phi) is 6.43. The Balaban J connectivity index is 1.58. The molecule has 0 saturated carbocycles. The number of anilines is 1. The third-order valence-electron chi connectivity index (χ3n) is 5.61. The van der Waals surface area contributed by atoms with E-state index in [1.807, 2.05) is 17.0 Å². The first-order chi connectivity index (χ1) is 14.9. The number of nitrogens with one attached hydrogen (secondary N) is 1. The van der Waals surface area contributed by atoms with E-state index in [1.165, 1.54) is 25.0 Å². The molecule has 0 bridgehead atoms. The van der Waals surface area contributed by atoms with E-state index in [4.69, 9.17) is 34.7 Å². The van der Waals surface area contributed by atoms with E-state index < -0.39 is 5.82 Å². The highest BCUT2D eigenvalue weighted by atomic mass is 35.5. The van der Waals surface area contributed by atoms with Crippen molar-refractivity contribution in [1.29, 1.82) is 0 Å². The Morgan fingerprint density at radius 2 is 1.94 bits per heavy atom. The molecule has 2 aliphatic rings. The minimum atomic E-state index is -0.506. The Bertz CT molecular complexity index is 1020. The van der Waals surface area contributed by atoms with E-state index in [2.05, 4.69) is 15.2 Å².